The predicted molar refractivity (Wildman–Crippen MR) is 170 cm³/mol. The third-order valence-corrected chi connectivity index (χ3v) is 9.43. The van der Waals surface area contributed by atoms with Crippen molar-refractivity contribution >= 4 is 66.8 Å². The van der Waals surface area contributed by atoms with Crippen LogP contribution in [-0.2, 0) is 16.9 Å². The lowest BCUT2D eigenvalue weighted by Crippen LogP contribution is -2.53. The quantitative estimate of drug-likeness (QED) is 0.201. The Balaban J connectivity index is 1.42. The zero-order chi connectivity index (χ0) is 31.0. The lowest BCUT2D eigenvalue weighted by Gasteiger charge is -2.32. The zero-order valence-corrected chi connectivity index (χ0v) is 25.1. The summed E-state index contributed by atoms with van der Waals surface area (Å²) in [6.45, 7) is 2.42. The first kappa shape index (κ1) is 27.5. The minimum Gasteiger partial charge on any atom is -0.494 e. The van der Waals surface area contributed by atoms with Crippen LogP contribution in [0.5, 0.6) is 5.75 Å². The second-order valence-corrected chi connectivity index (χ2v) is 12.2. The molecule has 8 nitrogen and oxygen atoms in total. The van der Waals surface area contributed by atoms with Gasteiger partial charge in [0.1, 0.15) is 17.1 Å². The molecular weight excluding hydrogens is 617 g/mol. The van der Waals surface area contributed by atoms with Crippen molar-refractivity contribution in [1.82, 2.24) is 4.98 Å². The van der Waals surface area contributed by atoms with E-state index in [1.54, 1.807) is 54.6 Å². The SMILES string of the molecule is CCOc1ccc2nc(N3C(=O)c4oc5ccc(Cl)cc5c(=O)c4C34C(=O)N(Cc3ccc(F)cc3)c3ccccc34)sc2c1. The topological polar surface area (TPSA) is 93.0 Å². The van der Waals surface area contributed by atoms with Gasteiger partial charge in [0.15, 0.2) is 16.1 Å². The van der Waals surface area contributed by atoms with Crippen molar-refractivity contribution in [3.8, 4) is 5.75 Å². The van der Waals surface area contributed by atoms with Gasteiger partial charge in [-0.15, -0.1) is 0 Å². The first-order valence-corrected chi connectivity index (χ1v) is 15.3. The number of anilines is 2. The number of para-hydroxylation sites is 1. The summed E-state index contributed by atoms with van der Waals surface area (Å²) < 4.78 is 26.3. The van der Waals surface area contributed by atoms with Crippen molar-refractivity contribution in [2.45, 2.75) is 19.0 Å². The lowest BCUT2D eigenvalue weighted by molar-refractivity contribution is -0.121. The van der Waals surface area contributed by atoms with E-state index in [-0.39, 0.29) is 34.0 Å². The summed E-state index contributed by atoms with van der Waals surface area (Å²) in [6, 6.07) is 22.8. The number of amides is 2. The second-order valence-electron chi connectivity index (χ2n) is 10.7. The molecule has 0 bridgehead atoms. The molecule has 0 radical (unpaired) electrons. The van der Waals surface area contributed by atoms with E-state index in [1.165, 1.54) is 45.4 Å². The third-order valence-electron chi connectivity index (χ3n) is 8.19. The monoisotopic (exact) mass is 637 g/mol. The summed E-state index contributed by atoms with van der Waals surface area (Å²) in [5.41, 5.74) is -0.233. The third kappa shape index (κ3) is 3.89. The highest BCUT2D eigenvalue weighted by Gasteiger charge is 2.66. The number of carbonyl (C=O) groups excluding carboxylic acids is 2. The molecule has 2 amide bonds. The maximum absolute atomic E-state index is 15.1. The van der Waals surface area contributed by atoms with E-state index in [2.05, 4.69) is 0 Å². The van der Waals surface area contributed by atoms with Gasteiger partial charge in [-0.05, 0) is 67.1 Å². The van der Waals surface area contributed by atoms with Crippen LogP contribution in [0, 0.1) is 5.82 Å². The molecule has 0 N–H and O–H groups in total. The smallest absolute Gasteiger partial charge is 0.297 e. The molecule has 8 rings (SSSR count). The van der Waals surface area contributed by atoms with Gasteiger partial charge in [-0.2, -0.15) is 0 Å². The molecule has 222 valence electrons. The molecule has 4 aromatic carbocycles. The molecular formula is C34H21ClFN3O5S. The largest absolute Gasteiger partial charge is 0.494 e. The van der Waals surface area contributed by atoms with Crippen LogP contribution < -0.4 is 20.0 Å². The van der Waals surface area contributed by atoms with Crippen molar-refractivity contribution in [2.24, 2.45) is 0 Å². The molecule has 45 heavy (non-hydrogen) atoms. The van der Waals surface area contributed by atoms with Gasteiger partial charge >= 0.3 is 0 Å². The molecule has 0 fully saturated rings. The van der Waals surface area contributed by atoms with Crippen LogP contribution in [0.2, 0.25) is 5.02 Å². The molecule has 0 saturated heterocycles. The standard InChI is InChI=1S/C34H21ClFN3O5S/c1-2-43-21-12-13-24-27(16-21)45-33(37-24)39-31(41)30-28(29(40)22-15-19(35)9-14-26(22)44-30)34(39)23-5-3-4-6-25(23)38(32(34)42)17-18-7-10-20(36)11-8-18/h3-16H,2,17H2,1H3. The fourth-order valence-electron chi connectivity index (χ4n) is 6.31. The number of hydrogen-bond acceptors (Lipinski definition) is 7. The average molecular weight is 638 g/mol. The maximum Gasteiger partial charge on any atom is 0.297 e. The van der Waals surface area contributed by atoms with Crippen LogP contribution >= 0.6 is 22.9 Å². The molecule has 1 unspecified atom stereocenters. The second kappa shape index (κ2) is 9.98. The number of benzene rings is 4. The maximum atomic E-state index is 15.1. The Kier molecular flexibility index (Phi) is 6.10. The molecule has 2 aromatic heterocycles. The van der Waals surface area contributed by atoms with Crippen LogP contribution in [0.4, 0.5) is 15.2 Å². The highest BCUT2D eigenvalue weighted by atomic mass is 35.5. The molecule has 1 atom stereocenters. The van der Waals surface area contributed by atoms with E-state index in [4.69, 9.17) is 25.7 Å². The number of fused-ring (bicyclic) bond motifs is 6. The highest BCUT2D eigenvalue weighted by Crippen LogP contribution is 2.55. The van der Waals surface area contributed by atoms with E-state index in [1.807, 2.05) is 13.0 Å². The Hall–Kier alpha value is -5.06. The van der Waals surface area contributed by atoms with E-state index >= 15 is 4.79 Å². The number of halogens is 2. The number of nitrogens with zero attached hydrogens (tertiary/aromatic N) is 3. The number of rotatable bonds is 5. The molecule has 0 saturated carbocycles. The number of thiazole rings is 1. The Morgan fingerprint density at radius 3 is 2.60 bits per heavy atom. The Labute approximate surface area is 263 Å². The van der Waals surface area contributed by atoms with Crippen LogP contribution in [0.25, 0.3) is 21.2 Å². The van der Waals surface area contributed by atoms with Crippen molar-refractivity contribution in [2.75, 3.05) is 16.4 Å². The van der Waals surface area contributed by atoms with Gasteiger partial charge in [-0.25, -0.2) is 9.37 Å². The summed E-state index contributed by atoms with van der Waals surface area (Å²) in [5, 5.41) is 0.656. The highest BCUT2D eigenvalue weighted by molar-refractivity contribution is 7.22. The summed E-state index contributed by atoms with van der Waals surface area (Å²) in [6.07, 6.45) is 0. The van der Waals surface area contributed by atoms with Crippen molar-refractivity contribution in [3.05, 3.63) is 128 Å². The predicted octanol–water partition coefficient (Wildman–Crippen LogP) is 7.04. The lowest BCUT2D eigenvalue weighted by atomic mass is 9.84. The van der Waals surface area contributed by atoms with Gasteiger partial charge in [0.25, 0.3) is 11.8 Å². The van der Waals surface area contributed by atoms with Crippen molar-refractivity contribution in [1.29, 1.82) is 0 Å². The normalized spacial score (nSPS) is 17.1. The van der Waals surface area contributed by atoms with Crippen LogP contribution in [0.1, 0.15) is 34.2 Å². The minimum atomic E-state index is -1.93. The van der Waals surface area contributed by atoms with Gasteiger partial charge < -0.3 is 14.1 Å². The van der Waals surface area contributed by atoms with Gasteiger partial charge in [0, 0.05) is 10.6 Å². The van der Waals surface area contributed by atoms with Crippen LogP contribution in [-0.4, -0.2) is 23.4 Å². The molecule has 2 aliphatic heterocycles. The minimum absolute atomic E-state index is 0.0670. The summed E-state index contributed by atoms with van der Waals surface area (Å²) in [7, 11) is 0. The number of carbonyl (C=O) groups is 2. The Bertz CT molecular complexity index is 2280. The van der Waals surface area contributed by atoms with Crippen molar-refractivity contribution in [3.63, 3.8) is 0 Å². The van der Waals surface area contributed by atoms with Gasteiger partial charge in [0.05, 0.1) is 40.0 Å². The molecule has 2 aliphatic rings. The van der Waals surface area contributed by atoms with E-state index in [0.29, 0.717) is 39.7 Å². The summed E-state index contributed by atoms with van der Waals surface area (Å²) in [5.74, 6) is -1.22. The average Bonchev–Trinajstić information content (AvgIpc) is 3.64. The van der Waals surface area contributed by atoms with Gasteiger partial charge in [-0.3, -0.25) is 19.3 Å². The van der Waals surface area contributed by atoms with Crippen LogP contribution in [0.15, 0.2) is 94.1 Å². The number of hydrogen-bond donors (Lipinski definition) is 0. The summed E-state index contributed by atoms with van der Waals surface area (Å²) in [4.78, 5) is 51.6. The molecule has 0 aliphatic carbocycles. The molecule has 6 aromatic rings. The van der Waals surface area contributed by atoms with E-state index in [9.17, 15) is 14.0 Å². The number of ether oxygens (including phenoxy) is 1. The Morgan fingerprint density at radius 1 is 1.00 bits per heavy atom. The first-order chi connectivity index (χ1) is 21.8. The van der Waals surface area contributed by atoms with E-state index in [0.717, 1.165) is 4.70 Å². The Morgan fingerprint density at radius 2 is 1.80 bits per heavy atom. The molecule has 1 spiro atoms. The number of aromatic nitrogens is 1. The molecule has 11 heteroatoms. The van der Waals surface area contributed by atoms with Crippen molar-refractivity contribution < 1.29 is 23.1 Å². The van der Waals surface area contributed by atoms with E-state index < -0.39 is 28.6 Å². The van der Waals surface area contributed by atoms with Gasteiger partial charge in [0.2, 0.25) is 5.76 Å². The summed E-state index contributed by atoms with van der Waals surface area (Å²) >= 11 is 7.48. The van der Waals surface area contributed by atoms with Gasteiger partial charge in [-0.1, -0.05) is 53.3 Å². The fraction of sp³-hybridized carbons (Fsp3) is 0.118. The van der Waals surface area contributed by atoms with Crippen LogP contribution in [0.3, 0.4) is 0 Å². The zero-order valence-electron chi connectivity index (χ0n) is 23.5. The first-order valence-electron chi connectivity index (χ1n) is 14.1. The fourth-order valence-corrected chi connectivity index (χ4v) is 7.53. The molecule has 4 heterocycles.